The standard InChI is InChI=1S/C34H29Br2N2/c1-37(2)32-19-8-25(9-20-32)10-21-33-22-29(27-11-15-30(35)16-12-27)23-34(28-13-17-31(36)18-14-28)38(33)24-26-6-4-3-5-7-26/h3-23H,24H2,1-2H3/q+1. The Balaban J connectivity index is 1.68. The van der Waals surface area contributed by atoms with Crippen molar-refractivity contribution in [2.45, 2.75) is 6.54 Å². The molecule has 5 aromatic rings. The van der Waals surface area contributed by atoms with Gasteiger partial charge in [-0.1, -0.05) is 86.5 Å². The number of pyridine rings is 1. The molecule has 1 aromatic heterocycles. The van der Waals surface area contributed by atoms with E-state index in [4.69, 9.17) is 0 Å². The molecule has 38 heavy (non-hydrogen) atoms. The van der Waals surface area contributed by atoms with Crippen LogP contribution in [0.15, 0.2) is 124 Å². The van der Waals surface area contributed by atoms with E-state index in [1.165, 1.54) is 39.2 Å². The van der Waals surface area contributed by atoms with E-state index in [9.17, 15) is 0 Å². The second-order valence-corrected chi connectivity index (χ2v) is 11.3. The predicted octanol–water partition coefficient (Wildman–Crippen LogP) is 9.12. The molecule has 0 N–H and O–H groups in total. The van der Waals surface area contributed by atoms with Crippen LogP contribution in [0.5, 0.6) is 0 Å². The maximum absolute atomic E-state index is 3.60. The molecule has 0 saturated carbocycles. The van der Waals surface area contributed by atoms with Gasteiger partial charge in [-0.05, 0) is 71.3 Å². The molecule has 0 atom stereocenters. The molecular weight excluding hydrogens is 596 g/mol. The smallest absolute Gasteiger partial charge is 0.213 e. The Bertz CT molecular complexity index is 1540. The highest BCUT2D eigenvalue weighted by Gasteiger charge is 2.21. The Morgan fingerprint density at radius 2 is 1.24 bits per heavy atom. The molecule has 2 nitrogen and oxygen atoms in total. The summed E-state index contributed by atoms with van der Waals surface area (Å²) in [6, 6.07) is 41.0. The van der Waals surface area contributed by atoms with Gasteiger partial charge in [-0.25, -0.2) is 0 Å². The monoisotopic (exact) mass is 623 g/mol. The van der Waals surface area contributed by atoms with Crippen LogP contribution in [0.4, 0.5) is 5.69 Å². The molecule has 0 fully saturated rings. The van der Waals surface area contributed by atoms with Gasteiger partial charge in [0, 0.05) is 58.1 Å². The van der Waals surface area contributed by atoms with Crippen LogP contribution in [0.3, 0.4) is 0 Å². The molecule has 0 spiro atoms. The molecular formula is C34H29Br2N2+. The van der Waals surface area contributed by atoms with Crippen molar-refractivity contribution in [2.24, 2.45) is 0 Å². The van der Waals surface area contributed by atoms with Gasteiger partial charge in [0.15, 0.2) is 6.54 Å². The topological polar surface area (TPSA) is 7.12 Å². The summed E-state index contributed by atoms with van der Waals surface area (Å²) < 4.78 is 4.55. The van der Waals surface area contributed by atoms with E-state index >= 15 is 0 Å². The van der Waals surface area contributed by atoms with E-state index in [0.717, 1.165) is 21.2 Å². The molecule has 0 saturated heterocycles. The van der Waals surface area contributed by atoms with E-state index in [1.54, 1.807) is 0 Å². The van der Waals surface area contributed by atoms with Crippen molar-refractivity contribution < 1.29 is 4.57 Å². The third-order valence-electron chi connectivity index (χ3n) is 6.56. The second kappa shape index (κ2) is 11.9. The van der Waals surface area contributed by atoms with E-state index in [-0.39, 0.29) is 0 Å². The van der Waals surface area contributed by atoms with E-state index in [2.05, 4.69) is 183 Å². The van der Waals surface area contributed by atoms with Gasteiger partial charge in [0.2, 0.25) is 11.4 Å². The number of halogens is 2. The molecule has 0 unspecified atom stereocenters. The predicted molar refractivity (Wildman–Crippen MR) is 168 cm³/mol. The Hall–Kier alpha value is -3.47. The zero-order chi connectivity index (χ0) is 26.5. The van der Waals surface area contributed by atoms with Gasteiger partial charge in [-0.15, -0.1) is 0 Å². The van der Waals surface area contributed by atoms with E-state index in [1.807, 2.05) is 0 Å². The van der Waals surface area contributed by atoms with Crippen molar-refractivity contribution in [1.82, 2.24) is 0 Å². The zero-order valence-electron chi connectivity index (χ0n) is 21.5. The van der Waals surface area contributed by atoms with Crippen LogP contribution in [0.2, 0.25) is 0 Å². The van der Waals surface area contributed by atoms with Gasteiger partial charge in [0.25, 0.3) is 0 Å². The molecule has 4 heteroatoms. The first-order chi connectivity index (χ1) is 18.5. The minimum atomic E-state index is 0.770. The van der Waals surface area contributed by atoms with Crippen molar-refractivity contribution in [1.29, 1.82) is 0 Å². The van der Waals surface area contributed by atoms with Gasteiger partial charge < -0.3 is 4.90 Å². The lowest BCUT2D eigenvalue weighted by atomic mass is 10.0. The Morgan fingerprint density at radius 1 is 0.632 bits per heavy atom. The van der Waals surface area contributed by atoms with Crippen molar-refractivity contribution in [3.8, 4) is 22.4 Å². The number of anilines is 1. The van der Waals surface area contributed by atoms with Crippen LogP contribution in [-0.2, 0) is 6.54 Å². The van der Waals surface area contributed by atoms with Gasteiger partial charge in [-0.2, -0.15) is 4.57 Å². The minimum Gasteiger partial charge on any atom is -0.378 e. The lowest BCUT2D eigenvalue weighted by Gasteiger charge is -2.12. The number of aromatic nitrogens is 1. The van der Waals surface area contributed by atoms with Crippen LogP contribution in [-0.4, -0.2) is 14.1 Å². The normalized spacial score (nSPS) is 11.2. The molecule has 188 valence electrons. The van der Waals surface area contributed by atoms with Crippen molar-refractivity contribution in [3.05, 3.63) is 141 Å². The molecule has 0 bridgehead atoms. The third kappa shape index (κ3) is 6.32. The second-order valence-electron chi connectivity index (χ2n) is 9.46. The highest BCUT2D eigenvalue weighted by atomic mass is 79.9. The average Bonchev–Trinajstić information content (AvgIpc) is 2.94. The molecule has 0 aliphatic rings. The lowest BCUT2D eigenvalue weighted by molar-refractivity contribution is -0.679. The number of hydrogen-bond acceptors (Lipinski definition) is 1. The molecule has 5 rings (SSSR count). The molecule has 4 aromatic carbocycles. The summed E-state index contributed by atoms with van der Waals surface area (Å²) in [6.45, 7) is 0.770. The molecule has 0 aliphatic heterocycles. The quantitative estimate of drug-likeness (QED) is 0.164. The number of benzene rings is 4. The average molecular weight is 625 g/mol. The van der Waals surface area contributed by atoms with Crippen LogP contribution in [0.1, 0.15) is 16.8 Å². The molecule has 0 radical (unpaired) electrons. The van der Waals surface area contributed by atoms with Crippen LogP contribution >= 0.6 is 31.9 Å². The molecule has 0 amide bonds. The van der Waals surface area contributed by atoms with Gasteiger partial charge >= 0.3 is 0 Å². The Kier molecular flexibility index (Phi) is 8.21. The van der Waals surface area contributed by atoms with Crippen molar-refractivity contribution in [2.75, 3.05) is 19.0 Å². The maximum Gasteiger partial charge on any atom is 0.213 e. The van der Waals surface area contributed by atoms with Crippen LogP contribution in [0, 0.1) is 0 Å². The van der Waals surface area contributed by atoms with E-state index in [0.29, 0.717) is 0 Å². The first kappa shape index (κ1) is 26.1. The Morgan fingerprint density at radius 3 is 1.84 bits per heavy atom. The maximum atomic E-state index is 3.60. The minimum absolute atomic E-state index is 0.770. The largest absolute Gasteiger partial charge is 0.378 e. The first-order valence-electron chi connectivity index (χ1n) is 12.6. The number of nitrogens with zero attached hydrogens (tertiary/aromatic N) is 2. The lowest BCUT2D eigenvalue weighted by Crippen LogP contribution is -2.40. The summed E-state index contributed by atoms with van der Waals surface area (Å²) in [5.41, 5.74) is 9.47. The van der Waals surface area contributed by atoms with Crippen molar-refractivity contribution >= 4 is 49.7 Å². The van der Waals surface area contributed by atoms with Crippen molar-refractivity contribution in [3.63, 3.8) is 0 Å². The van der Waals surface area contributed by atoms with Gasteiger partial charge in [0.1, 0.15) is 0 Å². The van der Waals surface area contributed by atoms with E-state index < -0.39 is 0 Å². The highest BCUT2D eigenvalue weighted by Crippen LogP contribution is 2.28. The fraction of sp³-hybridized carbons (Fsp3) is 0.0882. The Labute approximate surface area is 242 Å². The summed E-state index contributed by atoms with van der Waals surface area (Å²) in [7, 11) is 4.13. The third-order valence-corrected chi connectivity index (χ3v) is 7.61. The highest BCUT2D eigenvalue weighted by molar-refractivity contribution is 9.10. The summed E-state index contributed by atoms with van der Waals surface area (Å²) in [6.07, 6.45) is 4.44. The summed E-state index contributed by atoms with van der Waals surface area (Å²) in [5, 5.41) is 0. The SMILES string of the molecule is CN(C)c1ccc(/C=C/c2cc(-c3ccc(Br)cc3)cc(-c3ccc(Br)cc3)[n+]2Cc2ccccc2)cc1. The molecule has 1 heterocycles. The molecule has 0 aliphatic carbocycles. The first-order valence-corrected chi connectivity index (χ1v) is 14.1. The van der Waals surface area contributed by atoms with Crippen LogP contribution in [0.25, 0.3) is 34.5 Å². The number of hydrogen-bond donors (Lipinski definition) is 0. The van der Waals surface area contributed by atoms with Crippen LogP contribution < -0.4 is 9.47 Å². The number of rotatable bonds is 7. The van der Waals surface area contributed by atoms with Gasteiger partial charge in [-0.3, -0.25) is 0 Å². The fourth-order valence-electron chi connectivity index (χ4n) is 4.46. The zero-order valence-corrected chi connectivity index (χ0v) is 24.7. The summed E-state index contributed by atoms with van der Waals surface area (Å²) >= 11 is 7.18. The fourth-order valence-corrected chi connectivity index (χ4v) is 4.99. The summed E-state index contributed by atoms with van der Waals surface area (Å²) in [5.74, 6) is 0. The summed E-state index contributed by atoms with van der Waals surface area (Å²) in [4.78, 5) is 2.12. The van der Waals surface area contributed by atoms with Gasteiger partial charge in [0.05, 0.1) is 0 Å².